The van der Waals surface area contributed by atoms with E-state index in [2.05, 4.69) is 11.8 Å². The van der Waals surface area contributed by atoms with Gasteiger partial charge >= 0.3 is 0 Å². The first-order valence-electron chi connectivity index (χ1n) is 5.44. The normalized spacial score (nSPS) is 26.1. The SMILES string of the molecule is CCC(C)(CO)CN1CCS(=O)(=O)CC1. The van der Waals surface area contributed by atoms with Crippen LogP contribution in [0.15, 0.2) is 0 Å². The molecule has 90 valence electrons. The highest BCUT2D eigenvalue weighted by atomic mass is 32.2. The van der Waals surface area contributed by atoms with Crippen LogP contribution in [0, 0.1) is 5.41 Å². The summed E-state index contributed by atoms with van der Waals surface area (Å²) in [7, 11) is -2.79. The second-order valence-corrected chi connectivity index (χ2v) is 7.05. The molecule has 4 nitrogen and oxygen atoms in total. The van der Waals surface area contributed by atoms with E-state index >= 15 is 0 Å². The Morgan fingerprint density at radius 3 is 2.27 bits per heavy atom. The van der Waals surface area contributed by atoms with Gasteiger partial charge in [-0.15, -0.1) is 0 Å². The number of hydrogen-bond acceptors (Lipinski definition) is 4. The second-order valence-electron chi connectivity index (χ2n) is 4.75. The molecule has 0 bridgehead atoms. The molecule has 0 aromatic rings. The van der Waals surface area contributed by atoms with Crippen molar-refractivity contribution in [3.05, 3.63) is 0 Å². The van der Waals surface area contributed by atoms with Crippen LogP contribution in [0.1, 0.15) is 20.3 Å². The molecule has 0 radical (unpaired) electrons. The van der Waals surface area contributed by atoms with Crippen LogP contribution in [0.5, 0.6) is 0 Å². The van der Waals surface area contributed by atoms with Gasteiger partial charge < -0.3 is 10.0 Å². The maximum absolute atomic E-state index is 11.2. The monoisotopic (exact) mass is 235 g/mol. The van der Waals surface area contributed by atoms with Crippen LogP contribution in [-0.2, 0) is 9.84 Å². The summed E-state index contributed by atoms with van der Waals surface area (Å²) >= 11 is 0. The standard InChI is InChI=1S/C10H21NO3S/c1-3-10(2,9-12)8-11-4-6-15(13,14)7-5-11/h12H,3-9H2,1-2H3. The van der Waals surface area contributed by atoms with E-state index in [9.17, 15) is 13.5 Å². The molecule has 1 unspecified atom stereocenters. The van der Waals surface area contributed by atoms with Crippen molar-refractivity contribution < 1.29 is 13.5 Å². The molecule has 0 amide bonds. The van der Waals surface area contributed by atoms with Gasteiger partial charge in [-0.3, -0.25) is 0 Å². The van der Waals surface area contributed by atoms with E-state index in [1.54, 1.807) is 0 Å². The first-order chi connectivity index (χ1) is 6.91. The summed E-state index contributed by atoms with van der Waals surface area (Å²) in [4.78, 5) is 2.14. The lowest BCUT2D eigenvalue weighted by Crippen LogP contribution is -2.46. The molecule has 0 spiro atoms. The van der Waals surface area contributed by atoms with Gasteiger partial charge in [-0.2, -0.15) is 0 Å². The van der Waals surface area contributed by atoms with Crippen molar-refractivity contribution in [2.45, 2.75) is 20.3 Å². The summed E-state index contributed by atoms with van der Waals surface area (Å²) < 4.78 is 22.4. The topological polar surface area (TPSA) is 57.6 Å². The van der Waals surface area contributed by atoms with Crippen molar-refractivity contribution in [1.82, 2.24) is 4.90 Å². The van der Waals surface area contributed by atoms with Crippen molar-refractivity contribution in [3.8, 4) is 0 Å². The number of aliphatic hydroxyl groups is 1. The molecule has 1 aliphatic heterocycles. The van der Waals surface area contributed by atoms with E-state index in [1.807, 2.05) is 6.92 Å². The van der Waals surface area contributed by atoms with E-state index in [-0.39, 0.29) is 23.5 Å². The maximum Gasteiger partial charge on any atom is 0.152 e. The zero-order valence-electron chi connectivity index (χ0n) is 9.57. The first-order valence-corrected chi connectivity index (χ1v) is 7.26. The minimum Gasteiger partial charge on any atom is -0.396 e. The van der Waals surface area contributed by atoms with Gasteiger partial charge in [-0.05, 0) is 6.42 Å². The minimum atomic E-state index is -2.79. The maximum atomic E-state index is 11.2. The number of rotatable bonds is 4. The van der Waals surface area contributed by atoms with Crippen LogP contribution in [0.4, 0.5) is 0 Å². The lowest BCUT2D eigenvalue weighted by Gasteiger charge is -2.35. The molecule has 1 heterocycles. The number of sulfone groups is 1. The Hall–Kier alpha value is -0.130. The Bertz CT molecular complexity index is 282. The number of aliphatic hydroxyl groups excluding tert-OH is 1. The summed E-state index contributed by atoms with van der Waals surface area (Å²) in [6.07, 6.45) is 0.909. The molecule has 0 aliphatic carbocycles. The van der Waals surface area contributed by atoms with E-state index < -0.39 is 9.84 Å². The van der Waals surface area contributed by atoms with E-state index in [0.29, 0.717) is 13.1 Å². The molecule has 1 atom stereocenters. The van der Waals surface area contributed by atoms with Crippen LogP contribution < -0.4 is 0 Å². The van der Waals surface area contributed by atoms with Gasteiger partial charge in [0.2, 0.25) is 0 Å². The Balaban J connectivity index is 2.48. The van der Waals surface area contributed by atoms with Gasteiger partial charge in [-0.25, -0.2) is 8.42 Å². The quantitative estimate of drug-likeness (QED) is 0.752. The van der Waals surface area contributed by atoms with Crippen LogP contribution in [0.3, 0.4) is 0 Å². The molecule has 15 heavy (non-hydrogen) atoms. The highest BCUT2D eigenvalue weighted by Crippen LogP contribution is 2.22. The largest absolute Gasteiger partial charge is 0.396 e. The van der Waals surface area contributed by atoms with Crippen molar-refractivity contribution in [2.75, 3.05) is 37.7 Å². The summed E-state index contributed by atoms with van der Waals surface area (Å²) in [5, 5.41) is 9.27. The molecule has 1 N–H and O–H groups in total. The average molecular weight is 235 g/mol. The van der Waals surface area contributed by atoms with Gasteiger partial charge in [-0.1, -0.05) is 13.8 Å². The van der Waals surface area contributed by atoms with Crippen molar-refractivity contribution in [2.24, 2.45) is 5.41 Å². The molecular formula is C10H21NO3S. The fourth-order valence-corrected chi connectivity index (χ4v) is 3.00. The third-order valence-electron chi connectivity index (χ3n) is 3.28. The highest BCUT2D eigenvalue weighted by molar-refractivity contribution is 7.91. The van der Waals surface area contributed by atoms with Crippen LogP contribution >= 0.6 is 0 Å². The molecule has 0 saturated carbocycles. The summed E-state index contributed by atoms with van der Waals surface area (Å²) in [5.41, 5.74) is -0.0961. The summed E-state index contributed by atoms with van der Waals surface area (Å²) in [6, 6.07) is 0. The molecule has 1 saturated heterocycles. The zero-order valence-corrected chi connectivity index (χ0v) is 10.4. The Kier molecular flexibility index (Phi) is 4.14. The highest BCUT2D eigenvalue weighted by Gasteiger charge is 2.28. The van der Waals surface area contributed by atoms with Gasteiger partial charge in [0.1, 0.15) is 0 Å². The number of hydrogen-bond donors (Lipinski definition) is 1. The Labute approximate surface area is 92.2 Å². The summed E-state index contributed by atoms with van der Waals surface area (Å²) in [5.74, 6) is 0.524. The Morgan fingerprint density at radius 1 is 1.33 bits per heavy atom. The van der Waals surface area contributed by atoms with E-state index in [4.69, 9.17) is 0 Å². The molecule has 1 fully saturated rings. The average Bonchev–Trinajstić information content (AvgIpc) is 2.21. The lowest BCUT2D eigenvalue weighted by atomic mass is 9.88. The van der Waals surface area contributed by atoms with Crippen LogP contribution in [-0.4, -0.2) is 56.2 Å². The molecule has 0 aromatic heterocycles. The van der Waals surface area contributed by atoms with Gasteiger partial charge in [0, 0.05) is 31.7 Å². The van der Waals surface area contributed by atoms with E-state index in [0.717, 1.165) is 13.0 Å². The fourth-order valence-electron chi connectivity index (χ4n) is 1.72. The van der Waals surface area contributed by atoms with Crippen LogP contribution in [0.2, 0.25) is 0 Å². The molecule has 1 aliphatic rings. The number of nitrogens with zero attached hydrogens (tertiary/aromatic N) is 1. The minimum absolute atomic E-state index is 0.0961. The predicted molar refractivity (Wildman–Crippen MR) is 60.6 cm³/mol. The third-order valence-corrected chi connectivity index (χ3v) is 4.89. The van der Waals surface area contributed by atoms with E-state index in [1.165, 1.54) is 0 Å². The predicted octanol–water partition coefficient (Wildman–Crippen LogP) is 0.125. The third kappa shape index (κ3) is 3.74. The zero-order chi connectivity index (χ0) is 11.5. The van der Waals surface area contributed by atoms with Gasteiger partial charge in [0.05, 0.1) is 11.5 Å². The van der Waals surface area contributed by atoms with Gasteiger partial charge in [0.15, 0.2) is 9.84 Å². The smallest absolute Gasteiger partial charge is 0.152 e. The van der Waals surface area contributed by atoms with Crippen molar-refractivity contribution in [3.63, 3.8) is 0 Å². The van der Waals surface area contributed by atoms with Crippen molar-refractivity contribution >= 4 is 9.84 Å². The Morgan fingerprint density at radius 2 is 1.87 bits per heavy atom. The molecular weight excluding hydrogens is 214 g/mol. The lowest BCUT2D eigenvalue weighted by molar-refractivity contribution is 0.0884. The molecule has 0 aromatic carbocycles. The second kappa shape index (κ2) is 4.80. The van der Waals surface area contributed by atoms with Crippen molar-refractivity contribution in [1.29, 1.82) is 0 Å². The van der Waals surface area contributed by atoms with Crippen LogP contribution in [0.25, 0.3) is 0 Å². The summed E-state index contributed by atoms with van der Waals surface area (Å²) in [6.45, 7) is 6.26. The fraction of sp³-hybridized carbons (Fsp3) is 1.00. The van der Waals surface area contributed by atoms with Gasteiger partial charge in [0.25, 0.3) is 0 Å². The first kappa shape index (κ1) is 12.9. The molecule has 5 heteroatoms. The molecule has 1 rings (SSSR count).